The highest BCUT2D eigenvalue weighted by Gasteiger charge is 2.23. The maximum Gasteiger partial charge on any atom is 0.326 e. The number of aryl methyl sites for hydroxylation is 2. The molecule has 0 fully saturated rings. The van der Waals surface area contributed by atoms with Gasteiger partial charge in [0.05, 0.1) is 23.1 Å². The van der Waals surface area contributed by atoms with Gasteiger partial charge in [-0.3, -0.25) is 4.79 Å². The molecule has 7 nitrogen and oxygen atoms in total. The average Bonchev–Trinajstić information content (AvgIpc) is 3.40. The van der Waals surface area contributed by atoms with Crippen LogP contribution in [0.4, 0.5) is 0 Å². The van der Waals surface area contributed by atoms with Crippen LogP contribution in [0.3, 0.4) is 0 Å². The van der Waals surface area contributed by atoms with E-state index < -0.39 is 17.9 Å². The van der Waals surface area contributed by atoms with Crippen molar-refractivity contribution in [2.24, 2.45) is 0 Å². The number of benzene rings is 2. The second-order valence-corrected chi connectivity index (χ2v) is 10.9. The number of carbonyl (C=O) groups is 2. The number of nitrogens with one attached hydrogen (secondary N) is 1. The van der Waals surface area contributed by atoms with E-state index in [0.717, 1.165) is 38.6 Å². The number of carboxylic acids is 1. The van der Waals surface area contributed by atoms with Crippen molar-refractivity contribution in [1.82, 2.24) is 10.3 Å². The molecule has 0 aliphatic heterocycles. The summed E-state index contributed by atoms with van der Waals surface area (Å²) in [6.45, 7) is 7.37. The van der Waals surface area contributed by atoms with Gasteiger partial charge in [-0.25, -0.2) is 9.78 Å². The van der Waals surface area contributed by atoms with Gasteiger partial charge in [0.25, 0.3) is 5.91 Å². The molecule has 2 atom stereocenters. The molecule has 0 radical (unpaired) electrons. The summed E-state index contributed by atoms with van der Waals surface area (Å²) < 4.78 is 12.0. The van der Waals surface area contributed by atoms with E-state index in [0.29, 0.717) is 37.6 Å². The minimum absolute atomic E-state index is 0.245. The van der Waals surface area contributed by atoms with Crippen molar-refractivity contribution in [2.75, 3.05) is 25.2 Å². The van der Waals surface area contributed by atoms with E-state index in [1.807, 2.05) is 62.7 Å². The molecular formula is C29H36N2O5S2. The number of amides is 1. The first-order chi connectivity index (χ1) is 18.4. The van der Waals surface area contributed by atoms with E-state index in [2.05, 4.69) is 17.2 Å². The molecule has 3 rings (SSSR count). The average molecular weight is 557 g/mol. The van der Waals surface area contributed by atoms with Crippen LogP contribution < -0.4 is 5.32 Å². The molecule has 2 unspecified atom stereocenters. The van der Waals surface area contributed by atoms with Crippen molar-refractivity contribution in [1.29, 1.82) is 0 Å². The van der Waals surface area contributed by atoms with Gasteiger partial charge in [0.15, 0.2) is 0 Å². The minimum atomic E-state index is -1.04. The highest BCUT2D eigenvalue weighted by Crippen LogP contribution is 2.30. The number of aromatic nitrogens is 1. The standard InChI is InChI=1S/C29H36N2O5S2/c1-5-27-30-16-26(38-27)25(18-35-6-2)36-17-20-11-12-22(23(15-20)21-10-8-7-9-19(21)3)28(32)31-24(29(33)34)13-14-37-4/h7-12,15-16,24-25H,5-6,13-14,17-18H2,1-4H3,(H,31,32)(H,33,34). The summed E-state index contributed by atoms with van der Waals surface area (Å²) in [5, 5.41) is 13.4. The molecule has 0 aliphatic carbocycles. The number of rotatable bonds is 15. The molecule has 2 N–H and O–H groups in total. The van der Waals surface area contributed by atoms with Gasteiger partial charge < -0.3 is 19.9 Å². The van der Waals surface area contributed by atoms with Crippen LogP contribution in [0.5, 0.6) is 0 Å². The SMILES string of the molecule is CCOCC(OCc1ccc(C(=O)NC(CCSC)C(=O)O)c(-c2ccccc2C)c1)c1cnc(CC)s1. The maximum absolute atomic E-state index is 13.3. The second kappa shape index (κ2) is 15.0. The quantitative estimate of drug-likeness (QED) is 0.240. The van der Waals surface area contributed by atoms with Crippen LogP contribution in [0, 0.1) is 6.92 Å². The molecule has 1 aromatic heterocycles. The number of hydrogen-bond acceptors (Lipinski definition) is 7. The van der Waals surface area contributed by atoms with Gasteiger partial charge in [-0.15, -0.1) is 11.3 Å². The third kappa shape index (κ3) is 8.14. The van der Waals surface area contributed by atoms with Gasteiger partial charge in [0.2, 0.25) is 0 Å². The Kier molecular flexibility index (Phi) is 11.8. The number of thioether (sulfide) groups is 1. The summed E-state index contributed by atoms with van der Waals surface area (Å²) in [6.07, 6.45) is 4.75. The van der Waals surface area contributed by atoms with Crippen LogP contribution in [0.1, 0.15) is 57.7 Å². The van der Waals surface area contributed by atoms with E-state index in [4.69, 9.17) is 9.47 Å². The van der Waals surface area contributed by atoms with Crippen molar-refractivity contribution in [3.8, 4) is 11.1 Å². The highest BCUT2D eigenvalue weighted by atomic mass is 32.2. The molecule has 0 bridgehead atoms. The zero-order valence-corrected chi connectivity index (χ0v) is 24.0. The van der Waals surface area contributed by atoms with Crippen LogP contribution in [-0.4, -0.2) is 53.2 Å². The first kappa shape index (κ1) is 29.8. The first-order valence-electron chi connectivity index (χ1n) is 12.7. The van der Waals surface area contributed by atoms with E-state index in [-0.39, 0.29) is 6.10 Å². The van der Waals surface area contributed by atoms with Crippen molar-refractivity contribution in [3.63, 3.8) is 0 Å². The normalized spacial score (nSPS) is 12.7. The molecule has 0 saturated heterocycles. The monoisotopic (exact) mass is 556 g/mol. The summed E-state index contributed by atoms with van der Waals surface area (Å²) >= 11 is 3.18. The summed E-state index contributed by atoms with van der Waals surface area (Å²) in [6, 6.07) is 12.5. The molecule has 2 aromatic carbocycles. The van der Waals surface area contributed by atoms with Gasteiger partial charge in [-0.2, -0.15) is 11.8 Å². The predicted molar refractivity (Wildman–Crippen MR) is 154 cm³/mol. The Balaban J connectivity index is 1.89. The molecular weight excluding hydrogens is 520 g/mol. The highest BCUT2D eigenvalue weighted by molar-refractivity contribution is 7.98. The van der Waals surface area contributed by atoms with Crippen LogP contribution >= 0.6 is 23.1 Å². The van der Waals surface area contributed by atoms with Crippen molar-refractivity contribution in [2.45, 2.75) is 52.4 Å². The van der Waals surface area contributed by atoms with E-state index >= 15 is 0 Å². The maximum atomic E-state index is 13.3. The van der Waals surface area contributed by atoms with Gasteiger partial charge >= 0.3 is 5.97 Å². The number of hydrogen-bond donors (Lipinski definition) is 2. The Labute approximate surface area is 233 Å². The van der Waals surface area contributed by atoms with Gasteiger partial charge in [0.1, 0.15) is 12.1 Å². The topological polar surface area (TPSA) is 97.8 Å². The summed E-state index contributed by atoms with van der Waals surface area (Å²) in [4.78, 5) is 30.5. The Hall–Kier alpha value is -2.72. The van der Waals surface area contributed by atoms with Crippen molar-refractivity contribution >= 4 is 35.0 Å². The number of carboxylic acid groups (broad SMARTS) is 1. The number of carbonyl (C=O) groups excluding carboxylic acids is 1. The lowest BCUT2D eigenvalue weighted by Gasteiger charge is -2.19. The molecule has 1 amide bonds. The summed E-state index contributed by atoms with van der Waals surface area (Å²) in [7, 11) is 0. The van der Waals surface area contributed by atoms with Gasteiger partial charge in [-0.1, -0.05) is 37.3 Å². The zero-order valence-electron chi connectivity index (χ0n) is 22.4. The number of thiazole rings is 1. The van der Waals surface area contributed by atoms with Gasteiger partial charge in [-0.05, 0) is 73.1 Å². The summed E-state index contributed by atoms with van der Waals surface area (Å²) in [5.74, 6) is -0.805. The summed E-state index contributed by atoms with van der Waals surface area (Å²) in [5.41, 5.74) is 4.00. The molecule has 204 valence electrons. The lowest BCUT2D eigenvalue weighted by Crippen LogP contribution is -2.41. The van der Waals surface area contributed by atoms with Crippen LogP contribution in [-0.2, 0) is 27.3 Å². The molecule has 1 heterocycles. The first-order valence-corrected chi connectivity index (χ1v) is 14.9. The smallest absolute Gasteiger partial charge is 0.326 e. The number of ether oxygens (including phenoxy) is 2. The third-order valence-corrected chi connectivity index (χ3v) is 7.97. The molecule has 3 aromatic rings. The lowest BCUT2D eigenvalue weighted by atomic mass is 9.93. The number of aliphatic carboxylic acids is 1. The second-order valence-electron chi connectivity index (χ2n) is 8.81. The Morgan fingerprint density at radius 3 is 2.61 bits per heavy atom. The fraction of sp³-hybridized carbons (Fsp3) is 0.414. The zero-order chi connectivity index (χ0) is 27.5. The van der Waals surface area contributed by atoms with Crippen molar-refractivity contribution in [3.05, 3.63) is 75.2 Å². The van der Waals surface area contributed by atoms with Crippen LogP contribution in [0.2, 0.25) is 0 Å². The Morgan fingerprint density at radius 2 is 1.95 bits per heavy atom. The molecule has 0 aliphatic rings. The molecule has 9 heteroatoms. The van der Waals surface area contributed by atoms with E-state index in [9.17, 15) is 14.7 Å². The van der Waals surface area contributed by atoms with Crippen LogP contribution in [0.15, 0.2) is 48.7 Å². The van der Waals surface area contributed by atoms with E-state index in [1.54, 1.807) is 29.2 Å². The predicted octanol–water partition coefficient (Wildman–Crippen LogP) is 5.91. The van der Waals surface area contributed by atoms with Crippen molar-refractivity contribution < 1.29 is 24.2 Å². The van der Waals surface area contributed by atoms with Crippen LogP contribution in [0.25, 0.3) is 11.1 Å². The lowest BCUT2D eigenvalue weighted by molar-refractivity contribution is -0.139. The fourth-order valence-corrected chi connectivity index (χ4v) is 5.34. The molecule has 0 spiro atoms. The van der Waals surface area contributed by atoms with E-state index in [1.165, 1.54) is 0 Å². The largest absolute Gasteiger partial charge is 0.480 e. The van der Waals surface area contributed by atoms with Gasteiger partial charge in [0, 0.05) is 18.4 Å². The molecule has 0 saturated carbocycles. The minimum Gasteiger partial charge on any atom is -0.480 e. The fourth-order valence-electron chi connectivity index (χ4n) is 3.98. The number of nitrogens with zero attached hydrogens (tertiary/aromatic N) is 1. The Morgan fingerprint density at radius 1 is 1.16 bits per heavy atom. The molecule has 38 heavy (non-hydrogen) atoms. The third-order valence-electron chi connectivity index (χ3n) is 6.09. The Bertz CT molecular complexity index is 1210.